The standard InChI is InChI=1S/2C21H16N4.C12H8N2.2C10H8N2.2C5H5N.13C2H6.2CH3.3Ru/c2*1-3-9-22-18(5-1)20-14-16(7-11-24-20)13-17-8-12-25-21(15-17)19-6-2-4-10-23-19;1-3-9-5-6-10-4-2-8-14-12(10)11(9)13-7-1;2*1-3-7-11-9(5-1)10-6-2-4-8-12-10;2*1-2-4-6-5-3-1;13*1-2;;;;;/h2*1-12,14-15H,13H2;1-8H;2*1-8H;2*1-5H;13*1-2H3;2*1H3;;;/q;;;;;;;;;;;;;;;;;;;;2*-1;;2*+1. The molecule has 0 saturated heterocycles. The molecule has 702 valence electrons. The summed E-state index contributed by atoms with van der Waals surface area (Å²) >= 11 is 0. The zero-order chi connectivity index (χ0) is 94.1. The van der Waals surface area contributed by atoms with Crippen LogP contribution >= 0.6 is 0 Å². The van der Waals surface area contributed by atoms with E-state index in [0.717, 1.165) is 103 Å². The first-order chi connectivity index (χ1) is 62.6. The molecule has 0 unspecified atom stereocenters. The second kappa shape index (κ2) is 98.6. The average molecular weight is 2020 g/mol. The third kappa shape index (κ3) is 56.9. The van der Waals surface area contributed by atoms with E-state index < -0.39 is 0 Å². The molecule has 0 atom stereocenters. The number of aromatic nitrogens is 16. The van der Waals surface area contributed by atoms with Crippen molar-refractivity contribution in [2.75, 3.05) is 0 Å². The Balaban J connectivity index is -0.000000221. The first-order valence-electron chi connectivity index (χ1n) is 45.0. The smallest absolute Gasteiger partial charge is 0.358 e. The summed E-state index contributed by atoms with van der Waals surface area (Å²) in [6.07, 6.45) is 33.8. The van der Waals surface area contributed by atoms with Crippen molar-refractivity contribution in [2.45, 2.75) is 193 Å². The summed E-state index contributed by atoms with van der Waals surface area (Å²) in [4.78, 5) is 68.2. The van der Waals surface area contributed by atoms with Crippen LogP contribution in [-0.2, 0) is 71.3 Å². The SMILES string of the molecule is CC.CC.CC.CC.CC.CC.CC.CC.CC.CC.CC.CC.CC.[CH3-].[CH3-].[Ru+].[Ru+].[Ru].c1ccc(-c2cc(Cc3ccnc(-c4ccccn4)c3)ccn2)nc1.c1ccc(-c2cc(Cc3ccnc(-c4ccccn4)c3)ccn2)nc1.c1ccc(-c2ccccn2)nc1.c1ccc(-c2ccccn2)nc1.c1ccncc1.c1ccncc1.c1cnc2c(c1)ccc1cccnc12. The zero-order valence-corrected chi connectivity index (χ0v) is 88.6. The van der Waals surface area contributed by atoms with Crippen LogP contribution in [0.15, 0.2) is 378 Å². The summed E-state index contributed by atoms with van der Waals surface area (Å²) in [5.74, 6) is 0. The Labute approximate surface area is 830 Å². The van der Waals surface area contributed by atoms with Crippen LogP contribution in [-0.4, -0.2) is 79.7 Å². The third-order valence-electron chi connectivity index (χ3n) is 14.5. The van der Waals surface area contributed by atoms with Crippen molar-refractivity contribution in [1.29, 1.82) is 0 Å². The van der Waals surface area contributed by atoms with Crippen molar-refractivity contribution in [2.24, 2.45) is 0 Å². The van der Waals surface area contributed by atoms with E-state index in [2.05, 4.69) is 128 Å². The molecule has 17 rings (SSSR count). The molecule has 0 spiro atoms. The molecule has 0 bridgehead atoms. The second-order valence-electron chi connectivity index (χ2n) is 21.5. The number of rotatable bonds is 10. The number of hydrogen-bond donors (Lipinski definition) is 0. The molecule has 16 nitrogen and oxygen atoms in total. The van der Waals surface area contributed by atoms with Crippen molar-refractivity contribution in [3.05, 3.63) is 416 Å². The summed E-state index contributed by atoms with van der Waals surface area (Å²) in [6.45, 7) is 52.0. The summed E-state index contributed by atoms with van der Waals surface area (Å²) in [7, 11) is 0. The minimum atomic E-state index is 0. The second-order valence-corrected chi connectivity index (χ2v) is 21.5. The Kier molecular flexibility index (Phi) is 101. The van der Waals surface area contributed by atoms with Gasteiger partial charge in [-0.2, -0.15) is 0 Å². The van der Waals surface area contributed by atoms with E-state index in [4.69, 9.17) is 0 Å². The molecule has 131 heavy (non-hydrogen) atoms. The fourth-order valence-corrected chi connectivity index (χ4v) is 9.79. The van der Waals surface area contributed by atoms with Gasteiger partial charge < -0.3 is 14.9 Å². The third-order valence-corrected chi connectivity index (χ3v) is 14.5. The Morgan fingerprint density at radius 3 is 0.466 bits per heavy atom. The van der Waals surface area contributed by atoms with E-state index in [0.29, 0.717) is 0 Å². The van der Waals surface area contributed by atoms with Gasteiger partial charge in [-0.25, -0.2) is 0 Å². The molecule has 17 aromatic rings. The molecular formula is C112H150N16Ru3. The monoisotopic (exact) mass is 2020 g/mol. The van der Waals surface area contributed by atoms with Crippen molar-refractivity contribution in [1.82, 2.24) is 79.7 Å². The van der Waals surface area contributed by atoms with Crippen LogP contribution in [0, 0.1) is 14.9 Å². The van der Waals surface area contributed by atoms with Gasteiger partial charge in [0.2, 0.25) is 0 Å². The van der Waals surface area contributed by atoms with E-state index in [-0.39, 0.29) is 73.3 Å². The van der Waals surface area contributed by atoms with Crippen molar-refractivity contribution in [3.8, 4) is 68.3 Å². The van der Waals surface area contributed by atoms with E-state index in [9.17, 15) is 0 Å². The molecule has 19 heteroatoms. The van der Waals surface area contributed by atoms with E-state index >= 15 is 0 Å². The topological polar surface area (TPSA) is 206 Å². The van der Waals surface area contributed by atoms with E-state index in [1.54, 1.807) is 86.8 Å². The van der Waals surface area contributed by atoms with Gasteiger partial charge in [0.05, 0.1) is 79.4 Å². The first kappa shape index (κ1) is 134. The molecule has 0 amide bonds. The fraction of sp³-hybridized carbons (Fsp3) is 0.250. The van der Waals surface area contributed by atoms with Gasteiger partial charge >= 0.3 is 39.0 Å². The van der Waals surface area contributed by atoms with Gasteiger partial charge in [-0.05, 0) is 217 Å². The first-order valence-corrected chi connectivity index (χ1v) is 45.0. The minimum absolute atomic E-state index is 0. The molecule has 1 aromatic carbocycles. The van der Waals surface area contributed by atoms with Gasteiger partial charge in [0.1, 0.15) is 0 Å². The maximum absolute atomic E-state index is 4.43. The van der Waals surface area contributed by atoms with Gasteiger partial charge in [0.25, 0.3) is 0 Å². The van der Waals surface area contributed by atoms with Crippen LogP contribution in [0.1, 0.15) is 202 Å². The van der Waals surface area contributed by atoms with E-state index in [1.165, 1.54) is 22.3 Å². The quantitative estimate of drug-likeness (QED) is 0.0709. The molecule has 16 heterocycles. The molecule has 0 aliphatic heterocycles. The Morgan fingerprint density at radius 2 is 0.313 bits per heavy atom. The van der Waals surface area contributed by atoms with Crippen LogP contribution < -0.4 is 0 Å². The van der Waals surface area contributed by atoms with Gasteiger partial charge in [0.15, 0.2) is 0 Å². The van der Waals surface area contributed by atoms with Gasteiger partial charge in [0, 0.05) is 142 Å². The summed E-state index contributed by atoms with van der Waals surface area (Å²) in [6, 6.07) is 86.6. The number of hydrogen-bond acceptors (Lipinski definition) is 16. The number of fused-ring (bicyclic) bond motifs is 3. The van der Waals surface area contributed by atoms with Gasteiger partial charge in [-0.15, -0.1) is 0 Å². The Hall–Kier alpha value is -12.0. The van der Waals surface area contributed by atoms with Crippen LogP contribution in [0.25, 0.3) is 90.1 Å². The maximum Gasteiger partial charge on any atom is 1.00 e. The number of pyridine rings is 16. The van der Waals surface area contributed by atoms with Gasteiger partial charge in [-0.1, -0.05) is 265 Å². The summed E-state index contributed by atoms with van der Waals surface area (Å²) in [5.41, 5.74) is 17.4. The van der Waals surface area contributed by atoms with Gasteiger partial charge in [-0.3, -0.25) is 79.7 Å². The molecule has 0 aliphatic carbocycles. The van der Waals surface area contributed by atoms with Crippen molar-refractivity contribution >= 4 is 21.8 Å². The number of benzene rings is 1. The predicted octanol–water partition coefficient (Wildman–Crippen LogP) is 31.8. The van der Waals surface area contributed by atoms with Crippen LogP contribution in [0.3, 0.4) is 0 Å². The molecular weight excluding hydrogens is 1870 g/mol. The molecule has 0 N–H and O–H groups in total. The minimum Gasteiger partial charge on any atom is -0.358 e. The van der Waals surface area contributed by atoms with Crippen molar-refractivity contribution < 1.29 is 58.4 Å². The normalized spacial score (nSPS) is 8.29. The van der Waals surface area contributed by atoms with Crippen LogP contribution in [0.5, 0.6) is 0 Å². The predicted molar refractivity (Wildman–Crippen MR) is 556 cm³/mol. The zero-order valence-electron chi connectivity index (χ0n) is 83.4. The molecule has 0 saturated carbocycles. The number of nitrogens with zero attached hydrogens (tertiary/aromatic N) is 16. The molecule has 16 aromatic heterocycles. The maximum atomic E-state index is 4.43. The molecule has 0 fully saturated rings. The van der Waals surface area contributed by atoms with Crippen LogP contribution in [0.4, 0.5) is 0 Å². The fourth-order valence-electron chi connectivity index (χ4n) is 9.79. The Bertz CT molecular complexity index is 4520. The van der Waals surface area contributed by atoms with Crippen molar-refractivity contribution in [3.63, 3.8) is 0 Å². The van der Waals surface area contributed by atoms with E-state index in [1.807, 2.05) is 423 Å². The summed E-state index contributed by atoms with van der Waals surface area (Å²) in [5, 5.41) is 2.28. The largest absolute Gasteiger partial charge is 1.00 e. The molecule has 0 aliphatic rings. The van der Waals surface area contributed by atoms with Crippen LogP contribution in [0.2, 0.25) is 0 Å². The summed E-state index contributed by atoms with van der Waals surface area (Å²) < 4.78 is 0. The molecule has 2 radical (unpaired) electrons. The Morgan fingerprint density at radius 1 is 0.153 bits per heavy atom. The average Bonchev–Trinajstić information content (AvgIpc) is 0.793.